The predicted octanol–water partition coefficient (Wildman–Crippen LogP) is 1.44. The number of halogens is 1. The van der Waals surface area contributed by atoms with Gasteiger partial charge in [-0.3, -0.25) is 0 Å². The summed E-state index contributed by atoms with van der Waals surface area (Å²) in [6, 6.07) is 7.28. The molecule has 0 aromatic heterocycles. The molecule has 0 saturated heterocycles. The Morgan fingerprint density at radius 2 is 2.16 bits per heavy atom. The predicted molar refractivity (Wildman–Crippen MR) is 76.2 cm³/mol. The van der Waals surface area contributed by atoms with Crippen molar-refractivity contribution in [2.45, 2.75) is 11.2 Å². The first kappa shape index (κ1) is 14.8. The van der Waals surface area contributed by atoms with Crippen LogP contribution >= 0.6 is 11.6 Å². The molecule has 2 rings (SSSR count). The monoisotopic (exact) mass is 303 g/mol. The Bertz CT molecular complexity index is 575. The third-order valence-electron chi connectivity index (χ3n) is 3.84. The van der Waals surface area contributed by atoms with Gasteiger partial charge in [-0.2, -0.15) is 0 Å². The Balaban J connectivity index is 2.44. The van der Waals surface area contributed by atoms with Crippen LogP contribution in [0.3, 0.4) is 0 Å². The highest BCUT2D eigenvalue weighted by molar-refractivity contribution is 7.91. The van der Waals surface area contributed by atoms with Crippen LogP contribution in [0.15, 0.2) is 24.3 Å². The highest BCUT2D eigenvalue weighted by atomic mass is 35.5. The van der Waals surface area contributed by atoms with Crippen molar-refractivity contribution < 1.29 is 13.2 Å². The molecule has 4 nitrogen and oxygen atoms in total. The van der Waals surface area contributed by atoms with Crippen molar-refractivity contribution in [2.24, 2.45) is 11.1 Å². The second-order valence-electron chi connectivity index (χ2n) is 5.15. The maximum atomic E-state index is 12.0. The van der Waals surface area contributed by atoms with E-state index in [1.165, 1.54) is 6.26 Å². The molecule has 0 spiro atoms. The van der Waals surface area contributed by atoms with Crippen molar-refractivity contribution in [3.05, 3.63) is 34.9 Å². The van der Waals surface area contributed by atoms with Crippen LogP contribution in [0, 0.1) is 5.41 Å². The molecule has 0 bridgehead atoms. The lowest BCUT2D eigenvalue weighted by molar-refractivity contribution is 0.142. The number of rotatable bonds is 5. The first-order chi connectivity index (χ1) is 8.86. The van der Waals surface area contributed by atoms with E-state index >= 15 is 0 Å². The zero-order chi connectivity index (χ0) is 14.3. The van der Waals surface area contributed by atoms with Gasteiger partial charge in [-0.05, 0) is 17.7 Å². The Morgan fingerprint density at radius 3 is 2.63 bits per heavy atom. The van der Waals surface area contributed by atoms with Gasteiger partial charge in [0.05, 0.1) is 11.9 Å². The van der Waals surface area contributed by atoms with Crippen LogP contribution in [0.4, 0.5) is 0 Å². The molecule has 1 aromatic rings. The number of methoxy groups -OCH3 is 1. The van der Waals surface area contributed by atoms with Crippen molar-refractivity contribution >= 4 is 21.4 Å². The molecular weight excluding hydrogens is 286 g/mol. The topological polar surface area (TPSA) is 69.4 Å². The Morgan fingerprint density at radius 1 is 1.47 bits per heavy atom. The van der Waals surface area contributed by atoms with E-state index in [4.69, 9.17) is 22.1 Å². The minimum absolute atomic E-state index is 0.147. The fraction of sp³-hybridized carbons (Fsp3) is 0.538. The zero-order valence-corrected chi connectivity index (χ0v) is 12.5. The number of sulfone groups is 1. The molecule has 1 aliphatic rings. The average molecular weight is 304 g/mol. The number of benzene rings is 1. The van der Waals surface area contributed by atoms with Crippen LogP contribution < -0.4 is 5.73 Å². The van der Waals surface area contributed by atoms with E-state index in [-0.39, 0.29) is 12.5 Å². The highest BCUT2D eigenvalue weighted by Crippen LogP contribution is 2.62. The van der Waals surface area contributed by atoms with Gasteiger partial charge in [0.2, 0.25) is 0 Å². The maximum Gasteiger partial charge on any atom is 0.151 e. The van der Waals surface area contributed by atoms with Crippen LogP contribution in [-0.2, 0) is 14.6 Å². The van der Waals surface area contributed by atoms with E-state index in [1.54, 1.807) is 19.2 Å². The zero-order valence-electron chi connectivity index (χ0n) is 11.0. The van der Waals surface area contributed by atoms with E-state index in [1.807, 2.05) is 12.1 Å². The summed E-state index contributed by atoms with van der Waals surface area (Å²) in [5.74, 6) is -0.147. The van der Waals surface area contributed by atoms with Gasteiger partial charge in [0.1, 0.15) is 0 Å². The van der Waals surface area contributed by atoms with Crippen LogP contribution in [-0.4, -0.2) is 40.2 Å². The largest absolute Gasteiger partial charge is 0.384 e. The van der Waals surface area contributed by atoms with E-state index in [2.05, 4.69) is 0 Å². The second kappa shape index (κ2) is 5.05. The molecule has 6 heteroatoms. The molecule has 0 unspecified atom stereocenters. The molecule has 0 aliphatic heterocycles. The highest BCUT2D eigenvalue weighted by Gasteiger charge is 2.69. The normalized spacial score (nSPS) is 30.3. The van der Waals surface area contributed by atoms with Crippen molar-refractivity contribution in [1.29, 1.82) is 0 Å². The molecule has 3 atom stereocenters. The van der Waals surface area contributed by atoms with Crippen LogP contribution in [0.25, 0.3) is 0 Å². The summed E-state index contributed by atoms with van der Waals surface area (Å²) in [4.78, 5) is 0. The van der Waals surface area contributed by atoms with E-state index in [0.29, 0.717) is 11.6 Å². The van der Waals surface area contributed by atoms with Gasteiger partial charge >= 0.3 is 0 Å². The van der Waals surface area contributed by atoms with Gasteiger partial charge in [0.25, 0.3) is 0 Å². The molecule has 0 amide bonds. The molecule has 1 saturated carbocycles. The summed E-state index contributed by atoms with van der Waals surface area (Å²) < 4.78 is 29.1. The standard InChI is InChI=1S/C13H18ClNO3S/c1-18-8-13(7-15)11(12(13)19(2,16)17)9-4-3-5-10(14)6-9/h3-6,11-12H,7-8,15H2,1-2H3/t11-,12-,13-/m0/s1. The van der Waals surface area contributed by atoms with Gasteiger partial charge in [0, 0.05) is 36.3 Å². The Hall–Kier alpha value is -0.620. The third kappa shape index (κ3) is 2.52. The first-order valence-electron chi connectivity index (χ1n) is 6.00. The number of ether oxygens (including phenoxy) is 1. The first-order valence-corrected chi connectivity index (χ1v) is 8.33. The quantitative estimate of drug-likeness (QED) is 0.893. The molecule has 1 fully saturated rings. The fourth-order valence-electron chi connectivity index (χ4n) is 3.08. The lowest BCUT2D eigenvalue weighted by atomic mass is 10.00. The number of hydrogen-bond donors (Lipinski definition) is 1. The number of hydrogen-bond acceptors (Lipinski definition) is 4. The van der Waals surface area contributed by atoms with Crippen molar-refractivity contribution in [2.75, 3.05) is 26.5 Å². The maximum absolute atomic E-state index is 12.0. The SMILES string of the molecule is COC[C@@]1(CN)[C@@H](c2cccc(Cl)c2)[C@@H]1S(C)(=O)=O. The lowest BCUT2D eigenvalue weighted by Gasteiger charge is -2.14. The summed E-state index contributed by atoms with van der Waals surface area (Å²) in [6.45, 7) is 0.605. The molecule has 2 N–H and O–H groups in total. The second-order valence-corrected chi connectivity index (χ2v) is 7.76. The minimum atomic E-state index is -3.18. The smallest absolute Gasteiger partial charge is 0.151 e. The van der Waals surface area contributed by atoms with Crippen LogP contribution in [0.5, 0.6) is 0 Å². The average Bonchev–Trinajstić information content (AvgIpc) is 2.99. The summed E-state index contributed by atoms with van der Waals surface area (Å²) in [7, 11) is -1.63. The van der Waals surface area contributed by atoms with Gasteiger partial charge in [-0.15, -0.1) is 0 Å². The molecular formula is C13H18ClNO3S. The molecule has 1 aromatic carbocycles. The molecule has 19 heavy (non-hydrogen) atoms. The van der Waals surface area contributed by atoms with E-state index in [9.17, 15) is 8.42 Å². The fourth-order valence-corrected chi connectivity index (χ4v) is 5.28. The van der Waals surface area contributed by atoms with Crippen LogP contribution in [0.1, 0.15) is 11.5 Å². The van der Waals surface area contributed by atoms with Gasteiger partial charge < -0.3 is 10.5 Å². The summed E-state index contributed by atoms with van der Waals surface area (Å²) in [5, 5.41) is 0.100. The molecule has 0 heterocycles. The van der Waals surface area contributed by atoms with Gasteiger partial charge in [0.15, 0.2) is 9.84 Å². The summed E-state index contributed by atoms with van der Waals surface area (Å²) >= 11 is 5.98. The minimum Gasteiger partial charge on any atom is -0.384 e. The Kier molecular flexibility index (Phi) is 3.93. The lowest BCUT2D eigenvalue weighted by Crippen LogP contribution is -2.28. The van der Waals surface area contributed by atoms with Gasteiger partial charge in [-0.1, -0.05) is 23.7 Å². The van der Waals surface area contributed by atoms with Crippen molar-refractivity contribution in [3.8, 4) is 0 Å². The summed E-state index contributed by atoms with van der Waals surface area (Å²) in [6.07, 6.45) is 1.25. The third-order valence-corrected chi connectivity index (χ3v) is 5.74. The number of nitrogens with two attached hydrogens (primary N) is 1. The van der Waals surface area contributed by atoms with Crippen molar-refractivity contribution in [1.82, 2.24) is 0 Å². The van der Waals surface area contributed by atoms with Crippen LogP contribution in [0.2, 0.25) is 5.02 Å². The summed E-state index contributed by atoms with van der Waals surface area (Å²) in [5.41, 5.74) is 6.20. The molecule has 1 aliphatic carbocycles. The molecule has 106 valence electrons. The van der Waals surface area contributed by atoms with Crippen molar-refractivity contribution in [3.63, 3.8) is 0 Å². The van der Waals surface area contributed by atoms with E-state index < -0.39 is 20.5 Å². The molecule has 0 radical (unpaired) electrons. The Labute approximate surface area is 118 Å². The van der Waals surface area contributed by atoms with Gasteiger partial charge in [-0.25, -0.2) is 8.42 Å². The van der Waals surface area contributed by atoms with E-state index in [0.717, 1.165) is 5.56 Å².